The molecule has 118 valence electrons. The highest BCUT2D eigenvalue weighted by atomic mass is 79.9. The first-order chi connectivity index (χ1) is 10.8. The average Bonchev–Trinajstić information content (AvgIpc) is 2.91. The molecule has 0 saturated carbocycles. The van der Waals surface area contributed by atoms with Crippen molar-refractivity contribution in [2.45, 2.75) is 19.8 Å². The fourth-order valence-corrected chi connectivity index (χ4v) is 3.36. The van der Waals surface area contributed by atoms with Crippen molar-refractivity contribution in [2.75, 3.05) is 7.11 Å². The van der Waals surface area contributed by atoms with Gasteiger partial charge in [0.1, 0.15) is 29.0 Å². The molecular formula is C19H19BrN2O. The Morgan fingerprint density at radius 2 is 1.74 bits per heavy atom. The van der Waals surface area contributed by atoms with Crippen molar-refractivity contribution in [3.05, 3.63) is 71.8 Å². The number of aryl methyl sites for hydroxylation is 2. The highest BCUT2D eigenvalue weighted by molar-refractivity contribution is 5.41. The molecule has 0 spiro atoms. The Morgan fingerprint density at radius 1 is 1.00 bits per heavy atom. The quantitative estimate of drug-likeness (QED) is 0.588. The summed E-state index contributed by atoms with van der Waals surface area (Å²) in [6.07, 6.45) is 4.38. The van der Waals surface area contributed by atoms with Crippen LogP contribution >= 0.6 is 0 Å². The van der Waals surface area contributed by atoms with Crippen LogP contribution in [0.1, 0.15) is 17.1 Å². The number of rotatable bonds is 2. The zero-order chi connectivity index (χ0) is 15.1. The predicted octanol–water partition coefficient (Wildman–Crippen LogP) is 0.174. The second-order valence-corrected chi connectivity index (χ2v) is 5.72. The second kappa shape index (κ2) is 6.20. The maximum absolute atomic E-state index is 5.26. The summed E-state index contributed by atoms with van der Waals surface area (Å²) in [7, 11) is 1.70. The molecule has 0 fully saturated rings. The molecule has 3 nitrogen and oxygen atoms in total. The van der Waals surface area contributed by atoms with Gasteiger partial charge in [-0.3, -0.25) is 0 Å². The van der Waals surface area contributed by atoms with Gasteiger partial charge in [0.25, 0.3) is 5.82 Å². The summed E-state index contributed by atoms with van der Waals surface area (Å²) >= 11 is 0. The first-order valence-corrected chi connectivity index (χ1v) is 7.63. The zero-order valence-corrected chi connectivity index (χ0v) is 14.9. The standard InChI is InChI=1S/C19H19N2O.BrH/c1-14-13-20-18-6-4-3-5-15(18)7-12-19(20)21(14)16-8-10-17(22-2)11-9-16;/h3-6,8-11,13H,7,12H2,1-2H3;1H/q+1;/p-1. The van der Waals surface area contributed by atoms with Gasteiger partial charge in [-0.1, -0.05) is 18.2 Å². The molecule has 0 radical (unpaired) electrons. The Morgan fingerprint density at radius 3 is 2.48 bits per heavy atom. The Hall–Kier alpha value is -2.07. The van der Waals surface area contributed by atoms with Crippen molar-refractivity contribution < 1.29 is 26.3 Å². The van der Waals surface area contributed by atoms with Gasteiger partial charge in [-0.15, -0.1) is 0 Å². The molecule has 1 aliphatic rings. The average molecular weight is 371 g/mol. The lowest BCUT2D eigenvalue weighted by Crippen LogP contribution is -3.00. The smallest absolute Gasteiger partial charge is 0.267 e. The minimum absolute atomic E-state index is 0. The monoisotopic (exact) mass is 370 g/mol. The van der Waals surface area contributed by atoms with E-state index in [1.165, 1.54) is 28.5 Å². The lowest BCUT2D eigenvalue weighted by molar-refractivity contribution is -0.606. The summed E-state index contributed by atoms with van der Waals surface area (Å²) in [5, 5.41) is 0. The number of nitrogens with zero attached hydrogens (tertiary/aromatic N) is 2. The molecule has 4 rings (SSSR count). The van der Waals surface area contributed by atoms with Crippen LogP contribution in [0.4, 0.5) is 0 Å². The summed E-state index contributed by atoms with van der Waals surface area (Å²) in [6.45, 7) is 2.16. The third-order valence-electron chi connectivity index (χ3n) is 4.40. The van der Waals surface area contributed by atoms with Crippen LogP contribution in [0.15, 0.2) is 54.7 Å². The van der Waals surface area contributed by atoms with Crippen LogP contribution < -0.4 is 26.3 Å². The largest absolute Gasteiger partial charge is 1.00 e. The molecule has 3 aromatic rings. The van der Waals surface area contributed by atoms with Gasteiger partial charge in [-0.2, -0.15) is 9.13 Å². The first-order valence-electron chi connectivity index (χ1n) is 7.63. The summed E-state index contributed by atoms with van der Waals surface area (Å²) in [5.41, 5.74) is 5.16. The highest BCUT2D eigenvalue weighted by Crippen LogP contribution is 2.23. The maximum atomic E-state index is 5.26. The summed E-state index contributed by atoms with van der Waals surface area (Å²) in [6, 6.07) is 16.9. The number of halogens is 1. The normalized spacial score (nSPS) is 12.1. The van der Waals surface area contributed by atoms with Gasteiger partial charge < -0.3 is 21.7 Å². The Kier molecular flexibility index (Phi) is 4.26. The predicted molar refractivity (Wildman–Crippen MR) is 86.0 cm³/mol. The van der Waals surface area contributed by atoms with Crippen LogP contribution in [0.25, 0.3) is 11.4 Å². The van der Waals surface area contributed by atoms with Gasteiger partial charge in [-0.05, 0) is 42.3 Å². The van der Waals surface area contributed by atoms with Crippen LogP contribution in [0.5, 0.6) is 5.75 Å². The van der Waals surface area contributed by atoms with E-state index in [1.54, 1.807) is 7.11 Å². The number of fused-ring (bicyclic) bond motifs is 3. The van der Waals surface area contributed by atoms with E-state index < -0.39 is 0 Å². The number of ether oxygens (including phenoxy) is 1. The van der Waals surface area contributed by atoms with E-state index in [4.69, 9.17) is 4.74 Å². The van der Waals surface area contributed by atoms with Gasteiger partial charge in [0, 0.05) is 6.92 Å². The van der Waals surface area contributed by atoms with Gasteiger partial charge >= 0.3 is 0 Å². The fraction of sp³-hybridized carbons (Fsp3) is 0.211. The van der Waals surface area contributed by atoms with Crippen molar-refractivity contribution in [1.82, 2.24) is 4.57 Å². The lowest BCUT2D eigenvalue weighted by atomic mass is 10.0. The minimum Gasteiger partial charge on any atom is -1.00 e. The van der Waals surface area contributed by atoms with Crippen molar-refractivity contribution in [3.63, 3.8) is 0 Å². The van der Waals surface area contributed by atoms with Crippen molar-refractivity contribution in [3.8, 4) is 17.1 Å². The van der Waals surface area contributed by atoms with E-state index in [0.29, 0.717) is 0 Å². The van der Waals surface area contributed by atoms with Gasteiger partial charge in [0.15, 0.2) is 0 Å². The van der Waals surface area contributed by atoms with Crippen LogP contribution in [-0.2, 0) is 12.8 Å². The molecule has 0 saturated heterocycles. The minimum atomic E-state index is 0. The number of benzene rings is 2. The Balaban J connectivity index is 0.00000156. The van der Waals surface area contributed by atoms with E-state index in [2.05, 4.69) is 58.7 Å². The number of hydrogen-bond acceptors (Lipinski definition) is 1. The molecule has 0 amide bonds. The zero-order valence-electron chi connectivity index (χ0n) is 13.3. The molecule has 0 aliphatic carbocycles. The SMILES string of the molecule is COc1ccc(-n2c(C)c[n+]3c2CCc2ccccc2-3)cc1.[Br-]. The molecule has 2 heterocycles. The molecule has 1 aromatic heterocycles. The molecular weight excluding hydrogens is 352 g/mol. The van der Waals surface area contributed by atoms with E-state index in [1.807, 2.05) is 12.1 Å². The van der Waals surface area contributed by atoms with E-state index in [9.17, 15) is 0 Å². The van der Waals surface area contributed by atoms with Gasteiger partial charge in [0.05, 0.1) is 13.5 Å². The topological polar surface area (TPSA) is 18.0 Å². The molecule has 2 aromatic carbocycles. The summed E-state index contributed by atoms with van der Waals surface area (Å²) in [4.78, 5) is 0. The maximum Gasteiger partial charge on any atom is 0.267 e. The van der Waals surface area contributed by atoms with Crippen molar-refractivity contribution in [2.24, 2.45) is 0 Å². The van der Waals surface area contributed by atoms with E-state index in [0.717, 1.165) is 18.6 Å². The van der Waals surface area contributed by atoms with Crippen LogP contribution in [0.3, 0.4) is 0 Å². The summed E-state index contributed by atoms with van der Waals surface area (Å²) < 4.78 is 9.94. The van der Waals surface area contributed by atoms with Crippen molar-refractivity contribution in [1.29, 1.82) is 0 Å². The molecule has 1 aliphatic heterocycles. The molecule has 4 heteroatoms. The Bertz CT molecular complexity index is 837. The fourth-order valence-electron chi connectivity index (χ4n) is 3.36. The number of imidazole rings is 1. The first kappa shape index (κ1) is 15.8. The molecule has 0 bridgehead atoms. The third-order valence-corrected chi connectivity index (χ3v) is 4.40. The van der Waals surface area contributed by atoms with Gasteiger partial charge in [0.2, 0.25) is 0 Å². The van der Waals surface area contributed by atoms with Crippen LogP contribution in [0, 0.1) is 6.92 Å². The Labute approximate surface area is 146 Å². The number of hydrogen-bond donors (Lipinski definition) is 0. The van der Waals surface area contributed by atoms with E-state index >= 15 is 0 Å². The second-order valence-electron chi connectivity index (χ2n) is 5.72. The van der Waals surface area contributed by atoms with Gasteiger partial charge in [-0.25, -0.2) is 0 Å². The van der Waals surface area contributed by atoms with Crippen molar-refractivity contribution >= 4 is 0 Å². The number of methoxy groups -OCH3 is 1. The highest BCUT2D eigenvalue weighted by Gasteiger charge is 2.28. The van der Waals surface area contributed by atoms with Crippen LogP contribution in [-0.4, -0.2) is 11.7 Å². The van der Waals surface area contributed by atoms with Crippen LogP contribution in [0.2, 0.25) is 0 Å². The molecule has 23 heavy (non-hydrogen) atoms. The summed E-state index contributed by atoms with van der Waals surface area (Å²) in [5.74, 6) is 2.22. The molecule has 0 N–H and O–H groups in total. The molecule has 0 unspecified atom stereocenters. The molecule has 0 atom stereocenters. The number of para-hydroxylation sites is 1. The van der Waals surface area contributed by atoms with E-state index in [-0.39, 0.29) is 17.0 Å². The third kappa shape index (κ3) is 2.57. The number of aromatic nitrogens is 2. The lowest BCUT2D eigenvalue weighted by Gasteiger charge is -2.13.